The number of hydrogen-bond donors (Lipinski definition) is 1. The summed E-state index contributed by atoms with van der Waals surface area (Å²) >= 11 is 0. The third-order valence-corrected chi connectivity index (χ3v) is 3.88. The molecule has 4 nitrogen and oxygen atoms in total. The van der Waals surface area contributed by atoms with E-state index in [-0.39, 0.29) is 5.97 Å². The Bertz CT molecular complexity index is 270. The highest BCUT2D eigenvalue weighted by Crippen LogP contribution is 2.34. The van der Waals surface area contributed by atoms with Crippen molar-refractivity contribution >= 4 is 5.97 Å². The third-order valence-electron chi connectivity index (χ3n) is 3.88. The predicted octanol–water partition coefficient (Wildman–Crippen LogP) is 2.02. The maximum atomic E-state index is 11.1. The van der Waals surface area contributed by atoms with E-state index in [4.69, 9.17) is 9.47 Å². The van der Waals surface area contributed by atoms with Gasteiger partial charge in [0.25, 0.3) is 0 Å². The Kier molecular flexibility index (Phi) is 5.45. The van der Waals surface area contributed by atoms with Gasteiger partial charge in [-0.3, -0.25) is 4.79 Å². The molecular weight excluding hydrogens is 230 g/mol. The van der Waals surface area contributed by atoms with Crippen LogP contribution in [0.2, 0.25) is 0 Å². The van der Waals surface area contributed by atoms with Gasteiger partial charge in [-0.2, -0.15) is 0 Å². The minimum atomic E-state index is -0.0630. The molecule has 2 saturated heterocycles. The predicted molar refractivity (Wildman–Crippen MR) is 69.4 cm³/mol. The maximum Gasteiger partial charge on any atom is 0.305 e. The van der Waals surface area contributed by atoms with Crippen molar-refractivity contribution < 1.29 is 14.3 Å². The summed E-state index contributed by atoms with van der Waals surface area (Å²) in [5.74, 6) is -0.0630. The van der Waals surface area contributed by atoms with Gasteiger partial charge in [-0.15, -0.1) is 0 Å². The topological polar surface area (TPSA) is 47.6 Å². The molecule has 0 aromatic carbocycles. The van der Waals surface area contributed by atoms with E-state index < -0.39 is 0 Å². The van der Waals surface area contributed by atoms with E-state index in [1.54, 1.807) is 0 Å². The molecule has 2 fully saturated rings. The lowest BCUT2D eigenvalue weighted by molar-refractivity contribution is -0.143. The Hall–Kier alpha value is -0.610. The number of fused-ring (bicyclic) bond motifs is 2. The summed E-state index contributed by atoms with van der Waals surface area (Å²) in [6, 6.07) is 0.578. The Morgan fingerprint density at radius 3 is 2.89 bits per heavy atom. The molecule has 0 saturated carbocycles. The Morgan fingerprint density at radius 1 is 1.33 bits per heavy atom. The summed E-state index contributed by atoms with van der Waals surface area (Å²) in [4.78, 5) is 11.1. The van der Waals surface area contributed by atoms with Crippen LogP contribution in [0.3, 0.4) is 0 Å². The average Bonchev–Trinajstić information content (AvgIpc) is 2.96. The molecule has 0 aromatic rings. The summed E-state index contributed by atoms with van der Waals surface area (Å²) in [5.41, 5.74) is 0. The van der Waals surface area contributed by atoms with Crippen molar-refractivity contribution in [3.63, 3.8) is 0 Å². The van der Waals surface area contributed by atoms with Crippen LogP contribution < -0.4 is 5.32 Å². The third kappa shape index (κ3) is 3.95. The molecule has 2 rings (SSSR count). The molecule has 0 spiro atoms. The van der Waals surface area contributed by atoms with Crippen molar-refractivity contribution in [3.8, 4) is 0 Å². The quantitative estimate of drug-likeness (QED) is 0.532. The molecule has 0 radical (unpaired) electrons. The molecule has 2 bridgehead atoms. The van der Waals surface area contributed by atoms with Gasteiger partial charge in [-0.05, 0) is 45.6 Å². The largest absolute Gasteiger partial charge is 0.466 e. The fraction of sp³-hybridized carbons (Fsp3) is 0.929. The molecule has 3 atom stereocenters. The Morgan fingerprint density at radius 2 is 2.22 bits per heavy atom. The second-order valence-electron chi connectivity index (χ2n) is 5.29. The maximum absolute atomic E-state index is 11.1. The smallest absolute Gasteiger partial charge is 0.305 e. The molecule has 4 heteroatoms. The first-order chi connectivity index (χ1) is 8.79. The minimum Gasteiger partial charge on any atom is -0.466 e. The molecule has 2 aliphatic rings. The molecule has 2 heterocycles. The van der Waals surface area contributed by atoms with Gasteiger partial charge < -0.3 is 14.8 Å². The summed E-state index contributed by atoms with van der Waals surface area (Å²) in [6.45, 7) is 3.38. The van der Waals surface area contributed by atoms with E-state index in [0.717, 1.165) is 25.8 Å². The Balaban J connectivity index is 1.43. The van der Waals surface area contributed by atoms with Gasteiger partial charge in [0.05, 0.1) is 18.8 Å². The standard InChI is InChI=1S/C14H25NO3/c1-2-17-14(16)6-4-3-5-9-15-12-10-11-7-8-13(12)18-11/h11-13,15H,2-10H2,1H3. The lowest BCUT2D eigenvalue weighted by Crippen LogP contribution is -2.37. The summed E-state index contributed by atoms with van der Waals surface area (Å²) in [6.07, 6.45) is 8.38. The number of ether oxygens (including phenoxy) is 2. The van der Waals surface area contributed by atoms with Crippen LogP contribution in [-0.4, -0.2) is 37.4 Å². The second-order valence-corrected chi connectivity index (χ2v) is 5.29. The minimum absolute atomic E-state index is 0.0630. The first-order valence-electron chi connectivity index (χ1n) is 7.34. The van der Waals surface area contributed by atoms with Crippen molar-refractivity contribution in [2.24, 2.45) is 0 Å². The van der Waals surface area contributed by atoms with Crippen molar-refractivity contribution in [1.29, 1.82) is 0 Å². The number of carbonyl (C=O) groups excluding carboxylic acids is 1. The molecule has 18 heavy (non-hydrogen) atoms. The number of esters is 1. The normalized spacial score (nSPS) is 29.7. The second kappa shape index (κ2) is 7.10. The van der Waals surface area contributed by atoms with Crippen LogP contribution in [0.1, 0.15) is 51.9 Å². The van der Waals surface area contributed by atoms with Crippen LogP contribution in [0.25, 0.3) is 0 Å². The molecule has 0 aliphatic carbocycles. The van der Waals surface area contributed by atoms with Crippen LogP contribution >= 0.6 is 0 Å². The zero-order chi connectivity index (χ0) is 12.8. The van der Waals surface area contributed by atoms with E-state index in [0.29, 0.717) is 31.3 Å². The number of hydrogen-bond acceptors (Lipinski definition) is 4. The first-order valence-corrected chi connectivity index (χ1v) is 7.34. The van der Waals surface area contributed by atoms with Crippen LogP contribution in [0.5, 0.6) is 0 Å². The molecule has 3 unspecified atom stereocenters. The van der Waals surface area contributed by atoms with Gasteiger partial charge in [-0.1, -0.05) is 6.42 Å². The first kappa shape index (κ1) is 13.8. The fourth-order valence-corrected chi connectivity index (χ4v) is 2.94. The molecule has 1 N–H and O–H groups in total. The number of carbonyl (C=O) groups is 1. The summed E-state index contributed by atoms with van der Waals surface area (Å²) in [7, 11) is 0. The van der Waals surface area contributed by atoms with E-state index in [1.807, 2.05) is 6.92 Å². The van der Waals surface area contributed by atoms with Gasteiger partial charge >= 0.3 is 5.97 Å². The highest BCUT2D eigenvalue weighted by Gasteiger charge is 2.40. The van der Waals surface area contributed by atoms with Crippen molar-refractivity contribution in [3.05, 3.63) is 0 Å². The molecule has 0 amide bonds. The van der Waals surface area contributed by atoms with Gasteiger partial charge in [0.2, 0.25) is 0 Å². The summed E-state index contributed by atoms with van der Waals surface area (Å²) < 4.78 is 10.7. The fourth-order valence-electron chi connectivity index (χ4n) is 2.94. The van der Waals surface area contributed by atoms with Crippen LogP contribution in [0.4, 0.5) is 0 Å². The van der Waals surface area contributed by atoms with Crippen LogP contribution in [-0.2, 0) is 14.3 Å². The van der Waals surface area contributed by atoms with Gasteiger partial charge in [0.15, 0.2) is 0 Å². The molecular formula is C14H25NO3. The number of rotatable bonds is 8. The van der Waals surface area contributed by atoms with E-state index in [9.17, 15) is 4.79 Å². The van der Waals surface area contributed by atoms with Crippen molar-refractivity contribution in [1.82, 2.24) is 5.32 Å². The van der Waals surface area contributed by atoms with Crippen molar-refractivity contribution in [2.45, 2.75) is 70.1 Å². The van der Waals surface area contributed by atoms with Crippen LogP contribution in [0.15, 0.2) is 0 Å². The van der Waals surface area contributed by atoms with E-state index in [2.05, 4.69) is 5.32 Å². The summed E-state index contributed by atoms with van der Waals surface area (Å²) in [5, 5.41) is 3.59. The van der Waals surface area contributed by atoms with E-state index in [1.165, 1.54) is 19.3 Å². The van der Waals surface area contributed by atoms with E-state index >= 15 is 0 Å². The number of unbranched alkanes of at least 4 members (excludes halogenated alkanes) is 2. The monoisotopic (exact) mass is 255 g/mol. The van der Waals surface area contributed by atoms with Crippen LogP contribution in [0, 0.1) is 0 Å². The highest BCUT2D eigenvalue weighted by atomic mass is 16.5. The lowest BCUT2D eigenvalue weighted by Gasteiger charge is -2.19. The molecule has 2 aliphatic heterocycles. The Labute approximate surface area is 109 Å². The van der Waals surface area contributed by atoms with Gasteiger partial charge in [0.1, 0.15) is 0 Å². The zero-order valence-electron chi connectivity index (χ0n) is 11.3. The highest BCUT2D eigenvalue weighted by molar-refractivity contribution is 5.69. The van der Waals surface area contributed by atoms with Gasteiger partial charge in [0, 0.05) is 12.5 Å². The lowest BCUT2D eigenvalue weighted by atomic mass is 9.95. The molecule has 0 aromatic heterocycles. The van der Waals surface area contributed by atoms with Crippen molar-refractivity contribution in [2.75, 3.05) is 13.2 Å². The number of nitrogens with one attached hydrogen (secondary N) is 1. The molecule has 104 valence electrons. The zero-order valence-corrected chi connectivity index (χ0v) is 11.3. The SMILES string of the molecule is CCOC(=O)CCCCCNC1CC2CCC1O2. The van der Waals surface area contributed by atoms with Gasteiger partial charge in [-0.25, -0.2) is 0 Å². The average molecular weight is 255 g/mol.